The van der Waals surface area contributed by atoms with Crippen molar-refractivity contribution in [1.29, 1.82) is 0 Å². The van der Waals surface area contributed by atoms with Gasteiger partial charge in [0, 0.05) is 38.7 Å². The van der Waals surface area contributed by atoms with Gasteiger partial charge in [-0.05, 0) is 49.9 Å². The summed E-state index contributed by atoms with van der Waals surface area (Å²) < 4.78 is 11.9. The summed E-state index contributed by atoms with van der Waals surface area (Å²) in [6, 6.07) is 5.57. The Morgan fingerprint density at radius 1 is 0.474 bits per heavy atom. The molecule has 0 aliphatic heterocycles. The minimum Gasteiger partial charge on any atom is -0.465 e. The van der Waals surface area contributed by atoms with Gasteiger partial charge in [0.15, 0.2) is 0 Å². The van der Waals surface area contributed by atoms with Crippen molar-refractivity contribution in [1.82, 2.24) is 0 Å². The van der Waals surface area contributed by atoms with Crippen LogP contribution in [-0.4, -0.2) is 56.6 Å². The average molecular weight is 812 g/mol. The molecule has 0 aliphatic rings. The van der Waals surface area contributed by atoms with E-state index in [9.17, 15) is 0 Å². The minimum absolute atomic E-state index is 0. The van der Waals surface area contributed by atoms with Gasteiger partial charge in [-0.25, -0.2) is 0 Å². The standard InChI is InChI=1S/C18H42O2Si4.C6H10.C5H16Si2.Pt/c1-3-5-7-11-15-21-19-23-17-13-9-10-14-18-24-20-22-16-12-8-6-4-2;1-3-5-6-4-2;1-6(2)5-7(3)4;/h3-4H,1-2,5-18,21-24H2;3-4H,1-2,5-6H2;6-7H,5H2,1-4H3;. The van der Waals surface area contributed by atoms with E-state index < -0.39 is 0 Å². The van der Waals surface area contributed by atoms with Gasteiger partial charge >= 0.3 is 0 Å². The summed E-state index contributed by atoms with van der Waals surface area (Å²) in [5, 5.41) is 0. The second kappa shape index (κ2) is 44.9. The molecule has 0 saturated heterocycles. The van der Waals surface area contributed by atoms with Crippen LogP contribution in [0.15, 0.2) is 50.6 Å². The third-order valence-electron chi connectivity index (χ3n) is 5.74. The zero-order chi connectivity index (χ0) is 28.2. The Morgan fingerprint density at radius 2 is 0.763 bits per heavy atom. The van der Waals surface area contributed by atoms with E-state index in [0.29, 0.717) is 0 Å². The van der Waals surface area contributed by atoms with Crippen molar-refractivity contribution in [2.24, 2.45) is 0 Å². The zero-order valence-electron chi connectivity index (χ0n) is 26.3. The van der Waals surface area contributed by atoms with Crippen molar-refractivity contribution in [3.8, 4) is 0 Å². The number of allylic oxidation sites excluding steroid dienone is 4. The summed E-state index contributed by atoms with van der Waals surface area (Å²) in [5.41, 5.74) is 1.64. The zero-order valence-corrected chi connectivity index (χ0v) is 36.5. The molecule has 0 aromatic carbocycles. The molecule has 0 rings (SSSR count). The van der Waals surface area contributed by atoms with Crippen molar-refractivity contribution in [2.75, 3.05) is 0 Å². The Balaban J connectivity index is -0.000000339. The third-order valence-corrected chi connectivity index (χ3v) is 21.1. The fourth-order valence-electron chi connectivity index (χ4n) is 3.84. The molecule has 0 aliphatic carbocycles. The summed E-state index contributed by atoms with van der Waals surface area (Å²) >= 11 is 0. The second-order valence-electron chi connectivity index (χ2n) is 10.8. The first-order valence-corrected chi connectivity index (χ1v) is 28.1. The molecule has 0 aromatic heterocycles. The smallest absolute Gasteiger partial charge is 0.146 e. The van der Waals surface area contributed by atoms with Crippen LogP contribution in [0.4, 0.5) is 0 Å². The maximum absolute atomic E-state index is 5.96. The van der Waals surface area contributed by atoms with E-state index in [-0.39, 0.29) is 77.7 Å². The molecule has 9 heteroatoms. The summed E-state index contributed by atoms with van der Waals surface area (Å²) in [6.45, 7) is 24.4. The first-order chi connectivity index (χ1) is 18.0. The second-order valence-corrected chi connectivity index (χ2v) is 26.0. The molecule has 0 fully saturated rings. The minimum atomic E-state index is -0.167. The Kier molecular flexibility index (Phi) is 54.1. The molecule has 0 bridgehead atoms. The SMILES string of the molecule is C=CCCC=C.C=CCCCC[SiH2]O[SiH2]CCCCCC[SiH2]O[SiH2]CCCCC=C.C[SiH](C)C[SiH](C)C.[Pt]. The normalized spacial score (nSPS) is 11.3. The van der Waals surface area contributed by atoms with E-state index in [2.05, 4.69) is 52.5 Å². The average Bonchev–Trinajstić information content (AvgIpc) is 2.86. The molecule has 2 nitrogen and oxygen atoms in total. The van der Waals surface area contributed by atoms with Crippen LogP contribution in [0.25, 0.3) is 0 Å². The predicted molar refractivity (Wildman–Crippen MR) is 194 cm³/mol. The summed E-state index contributed by atoms with van der Waals surface area (Å²) in [4.78, 5) is 0. The Hall–Kier alpha value is 0.870. The quantitative estimate of drug-likeness (QED) is 0.0536. The maximum atomic E-state index is 5.96. The first-order valence-electron chi connectivity index (χ1n) is 15.5. The fraction of sp³-hybridized carbons (Fsp3) is 0.724. The van der Waals surface area contributed by atoms with Crippen molar-refractivity contribution in [3.05, 3.63) is 50.6 Å². The molecular formula is C29H68O2PtSi6. The van der Waals surface area contributed by atoms with Gasteiger partial charge in [-0.3, -0.25) is 0 Å². The van der Waals surface area contributed by atoms with E-state index in [1.54, 1.807) is 5.67 Å². The molecule has 0 amide bonds. The maximum Gasteiger partial charge on any atom is 0.146 e. The van der Waals surface area contributed by atoms with Crippen molar-refractivity contribution >= 4 is 56.6 Å². The predicted octanol–water partition coefficient (Wildman–Crippen LogP) is 6.94. The van der Waals surface area contributed by atoms with Crippen LogP contribution in [0, 0.1) is 0 Å². The van der Waals surface area contributed by atoms with Crippen LogP contribution in [0.1, 0.15) is 77.0 Å². The Bertz CT molecular complexity index is 428. The summed E-state index contributed by atoms with van der Waals surface area (Å²) in [6.07, 6.45) is 23.3. The fourth-order valence-corrected chi connectivity index (χ4v) is 18.5. The third kappa shape index (κ3) is 56.9. The molecular weight excluding hydrogens is 744 g/mol. The molecule has 38 heavy (non-hydrogen) atoms. The Morgan fingerprint density at radius 3 is 1.00 bits per heavy atom. The largest absolute Gasteiger partial charge is 0.465 e. The molecule has 230 valence electrons. The van der Waals surface area contributed by atoms with Gasteiger partial charge in [0.1, 0.15) is 39.1 Å². The molecule has 0 heterocycles. The molecule has 0 N–H and O–H groups in total. The van der Waals surface area contributed by atoms with Crippen LogP contribution in [0.2, 0.25) is 56.0 Å². The number of hydrogen-bond donors (Lipinski definition) is 0. The van der Waals surface area contributed by atoms with Crippen LogP contribution >= 0.6 is 0 Å². The van der Waals surface area contributed by atoms with Crippen LogP contribution in [0.5, 0.6) is 0 Å². The van der Waals surface area contributed by atoms with E-state index >= 15 is 0 Å². The number of rotatable bonds is 26. The van der Waals surface area contributed by atoms with Gasteiger partial charge in [0.25, 0.3) is 0 Å². The van der Waals surface area contributed by atoms with E-state index in [4.69, 9.17) is 8.23 Å². The Labute approximate surface area is 268 Å². The van der Waals surface area contributed by atoms with Gasteiger partial charge in [-0.2, -0.15) is 0 Å². The monoisotopic (exact) mass is 811 g/mol. The molecule has 0 atom stereocenters. The number of hydrogen-bond acceptors (Lipinski definition) is 2. The van der Waals surface area contributed by atoms with Crippen molar-refractivity contribution < 1.29 is 29.3 Å². The van der Waals surface area contributed by atoms with Gasteiger partial charge in [-0.15, -0.1) is 26.3 Å². The summed E-state index contributed by atoms with van der Waals surface area (Å²) in [5.74, 6) is 0. The van der Waals surface area contributed by atoms with Gasteiger partial charge in [0.05, 0.1) is 0 Å². The molecule has 0 aromatic rings. The molecule has 0 radical (unpaired) electrons. The topological polar surface area (TPSA) is 18.5 Å². The van der Waals surface area contributed by atoms with Crippen molar-refractivity contribution in [2.45, 2.75) is 133 Å². The van der Waals surface area contributed by atoms with E-state index in [1.807, 2.05) is 24.3 Å². The van der Waals surface area contributed by atoms with Gasteiger partial charge in [-0.1, -0.05) is 108 Å². The van der Waals surface area contributed by atoms with Crippen LogP contribution in [-0.2, 0) is 29.3 Å². The van der Waals surface area contributed by atoms with E-state index in [1.165, 1.54) is 88.4 Å². The first kappa shape index (κ1) is 45.8. The number of unbranched alkanes of at least 4 members (excludes halogenated alkanes) is 8. The van der Waals surface area contributed by atoms with Gasteiger partial charge < -0.3 is 8.23 Å². The van der Waals surface area contributed by atoms with Crippen LogP contribution in [0.3, 0.4) is 0 Å². The summed E-state index contributed by atoms with van der Waals surface area (Å²) in [7, 11) is -0.989. The molecule has 0 spiro atoms. The molecule has 0 saturated carbocycles. The van der Waals surface area contributed by atoms with Crippen molar-refractivity contribution in [3.63, 3.8) is 0 Å². The van der Waals surface area contributed by atoms with E-state index in [0.717, 1.165) is 12.8 Å². The molecule has 0 unspecified atom stereocenters. The van der Waals surface area contributed by atoms with Gasteiger partial charge in [0.2, 0.25) is 0 Å². The van der Waals surface area contributed by atoms with Crippen LogP contribution < -0.4 is 0 Å².